The third kappa shape index (κ3) is 4.13. The second-order valence-corrected chi connectivity index (χ2v) is 5.26. The van der Waals surface area contributed by atoms with Crippen molar-refractivity contribution in [3.8, 4) is 0 Å². The fourth-order valence-electron chi connectivity index (χ4n) is 2.57. The van der Waals surface area contributed by atoms with Gasteiger partial charge in [0, 0.05) is 24.7 Å². The van der Waals surface area contributed by atoms with Crippen molar-refractivity contribution in [2.24, 2.45) is 0 Å². The van der Waals surface area contributed by atoms with Crippen LogP contribution in [0.1, 0.15) is 32.6 Å². The van der Waals surface area contributed by atoms with E-state index in [4.69, 9.17) is 5.11 Å². The van der Waals surface area contributed by atoms with Crippen LogP contribution in [0.3, 0.4) is 0 Å². The number of aliphatic carboxylic acids is 1. The van der Waals surface area contributed by atoms with Gasteiger partial charge in [0.05, 0.1) is 0 Å². The van der Waals surface area contributed by atoms with Crippen molar-refractivity contribution < 1.29 is 9.90 Å². The van der Waals surface area contributed by atoms with Crippen LogP contribution < -0.4 is 5.32 Å². The van der Waals surface area contributed by atoms with E-state index in [0.717, 1.165) is 12.1 Å². The molecule has 0 aromatic carbocycles. The van der Waals surface area contributed by atoms with Crippen LogP contribution in [0.2, 0.25) is 0 Å². The number of likely N-dealkylation sites (N-methyl/N-ethyl adjacent to an activating group) is 1. The number of nitrogens with zero attached hydrogens (tertiary/aromatic N) is 1. The Kier molecular flexibility index (Phi) is 5.15. The summed E-state index contributed by atoms with van der Waals surface area (Å²) in [5.41, 5.74) is 1.13. The monoisotopic (exact) mass is 240 g/mol. The molecule has 0 spiro atoms. The third-order valence-corrected chi connectivity index (χ3v) is 3.71. The molecule has 0 saturated heterocycles. The smallest absolute Gasteiger partial charge is 0.328 e. The van der Waals surface area contributed by atoms with Gasteiger partial charge in [0.25, 0.3) is 0 Å². The topological polar surface area (TPSA) is 52.6 Å². The molecule has 0 atom stereocenters. The van der Waals surface area contributed by atoms with Gasteiger partial charge in [0.2, 0.25) is 0 Å². The second kappa shape index (κ2) is 6.17. The Bertz CT molecular complexity index is 292. The lowest BCUT2D eigenvalue weighted by atomic mass is 9.96. The summed E-state index contributed by atoms with van der Waals surface area (Å²) in [5, 5.41) is 12.0. The number of carboxylic acid groups (broad SMARTS) is 1. The van der Waals surface area contributed by atoms with Gasteiger partial charge in [0.1, 0.15) is 0 Å². The van der Waals surface area contributed by atoms with Crippen LogP contribution in [-0.4, -0.2) is 48.7 Å². The first kappa shape index (κ1) is 14.2. The lowest BCUT2D eigenvalue weighted by Crippen LogP contribution is -2.49. The number of carboxylic acids is 1. The number of hydrogen-bond donors (Lipinski definition) is 2. The first-order valence-electron chi connectivity index (χ1n) is 6.24. The standard InChI is InChI=1S/C13H24N2O2/c1-11(8-12(16)17)9-14-10-13(15(2)3)6-4-5-7-13/h8,14H,4-7,9-10H2,1-3H3,(H,16,17). The average molecular weight is 240 g/mol. The van der Waals surface area contributed by atoms with Crippen LogP contribution in [0.4, 0.5) is 0 Å². The van der Waals surface area contributed by atoms with E-state index in [1.807, 2.05) is 6.92 Å². The highest BCUT2D eigenvalue weighted by atomic mass is 16.4. The summed E-state index contributed by atoms with van der Waals surface area (Å²) in [7, 11) is 4.26. The molecule has 4 heteroatoms. The van der Waals surface area contributed by atoms with Crippen molar-refractivity contribution in [1.82, 2.24) is 10.2 Å². The van der Waals surface area contributed by atoms with Gasteiger partial charge in [-0.05, 0) is 33.9 Å². The summed E-state index contributed by atoms with van der Waals surface area (Å²) in [6.07, 6.45) is 6.32. The largest absolute Gasteiger partial charge is 0.478 e. The molecule has 1 fully saturated rings. The first-order valence-corrected chi connectivity index (χ1v) is 6.24. The molecule has 1 aliphatic carbocycles. The van der Waals surface area contributed by atoms with Crippen LogP contribution in [0.15, 0.2) is 11.6 Å². The number of nitrogens with one attached hydrogen (secondary N) is 1. The Balaban J connectivity index is 2.41. The number of hydrogen-bond acceptors (Lipinski definition) is 3. The van der Waals surface area contributed by atoms with Crippen molar-refractivity contribution in [2.75, 3.05) is 27.2 Å². The lowest BCUT2D eigenvalue weighted by Gasteiger charge is -2.36. The fourth-order valence-corrected chi connectivity index (χ4v) is 2.57. The summed E-state index contributed by atoms with van der Waals surface area (Å²) in [5.74, 6) is -0.868. The highest BCUT2D eigenvalue weighted by Gasteiger charge is 2.35. The van der Waals surface area contributed by atoms with Crippen molar-refractivity contribution >= 4 is 5.97 Å². The van der Waals surface area contributed by atoms with Crippen molar-refractivity contribution in [3.63, 3.8) is 0 Å². The Hall–Kier alpha value is -0.870. The van der Waals surface area contributed by atoms with Gasteiger partial charge in [-0.2, -0.15) is 0 Å². The summed E-state index contributed by atoms with van der Waals surface area (Å²) >= 11 is 0. The van der Waals surface area contributed by atoms with Gasteiger partial charge < -0.3 is 15.3 Å². The fraction of sp³-hybridized carbons (Fsp3) is 0.769. The highest BCUT2D eigenvalue weighted by Crippen LogP contribution is 2.32. The Morgan fingerprint density at radius 3 is 2.47 bits per heavy atom. The molecule has 1 aliphatic rings. The van der Waals surface area contributed by atoms with Crippen LogP contribution in [-0.2, 0) is 4.79 Å². The molecule has 4 nitrogen and oxygen atoms in total. The van der Waals surface area contributed by atoms with Gasteiger partial charge in [-0.1, -0.05) is 18.4 Å². The predicted molar refractivity (Wildman–Crippen MR) is 69.1 cm³/mol. The maximum Gasteiger partial charge on any atom is 0.328 e. The van der Waals surface area contributed by atoms with E-state index in [1.54, 1.807) is 0 Å². The van der Waals surface area contributed by atoms with Crippen molar-refractivity contribution in [3.05, 3.63) is 11.6 Å². The van der Waals surface area contributed by atoms with Crippen LogP contribution in [0.5, 0.6) is 0 Å². The molecule has 1 rings (SSSR count). The molecule has 0 aliphatic heterocycles. The quantitative estimate of drug-likeness (QED) is 0.691. The molecule has 1 saturated carbocycles. The molecule has 0 aromatic heterocycles. The first-order chi connectivity index (χ1) is 7.96. The van der Waals surface area contributed by atoms with E-state index in [0.29, 0.717) is 6.54 Å². The van der Waals surface area contributed by atoms with Crippen LogP contribution >= 0.6 is 0 Å². The van der Waals surface area contributed by atoms with Crippen LogP contribution in [0, 0.1) is 0 Å². The summed E-state index contributed by atoms with van der Waals surface area (Å²) in [4.78, 5) is 12.8. The van der Waals surface area contributed by atoms with Gasteiger partial charge >= 0.3 is 5.97 Å². The molecule has 17 heavy (non-hydrogen) atoms. The predicted octanol–water partition coefficient (Wildman–Crippen LogP) is 1.48. The maximum absolute atomic E-state index is 10.5. The zero-order valence-electron chi connectivity index (χ0n) is 11.1. The van der Waals surface area contributed by atoms with E-state index in [-0.39, 0.29) is 5.54 Å². The normalized spacial score (nSPS) is 19.9. The molecule has 0 heterocycles. The molecular weight excluding hydrogens is 216 g/mol. The molecule has 0 bridgehead atoms. The molecule has 0 radical (unpaired) electrons. The molecule has 0 aromatic rings. The van der Waals surface area contributed by atoms with Gasteiger partial charge in [-0.25, -0.2) is 4.79 Å². The van der Waals surface area contributed by atoms with Gasteiger partial charge in [-0.15, -0.1) is 0 Å². The third-order valence-electron chi connectivity index (χ3n) is 3.71. The van der Waals surface area contributed by atoms with Gasteiger partial charge in [-0.3, -0.25) is 0 Å². The number of carbonyl (C=O) groups is 1. The zero-order chi connectivity index (χ0) is 12.9. The van der Waals surface area contributed by atoms with Crippen molar-refractivity contribution in [1.29, 1.82) is 0 Å². The minimum absolute atomic E-state index is 0.267. The SMILES string of the molecule is CC(=CC(=O)O)CNCC1(N(C)C)CCCC1. The maximum atomic E-state index is 10.5. The molecule has 98 valence electrons. The zero-order valence-corrected chi connectivity index (χ0v) is 11.1. The average Bonchev–Trinajstić information content (AvgIpc) is 2.66. The van der Waals surface area contributed by atoms with E-state index >= 15 is 0 Å². The summed E-state index contributed by atoms with van der Waals surface area (Å²) in [6, 6.07) is 0. The highest BCUT2D eigenvalue weighted by molar-refractivity contribution is 5.80. The van der Waals surface area contributed by atoms with Crippen molar-refractivity contribution in [2.45, 2.75) is 38.1 Å². The molecule has 0 unspecified atom stereocenters. The Labute approximate surface area is 104 Å². The minimum atomic E-state index is -0.868. The number of rotatable bonds is 6. The Morgan fingerprint density at radius 1 is 1.41 bits per heavy atom. The van der Waals surface area contributed by atoms with Crippen LogP contribution in [0.25, 0.3) is 0 Å². The molecular formula is C13H24N2O2. The van der Waals surface area contributed by atoms with E-state index in [2.05, 4.69) is 24.3 Å². The molecule has 0 amide bonds. The lowest BCUT2D eigenvalue weighted by molar-refractivity contribution is -0.131. The van der Waals surface area contributed by atoms with Gasteiger partial charge in [0.15, 0.2) is 0 Å². The molecule has 2 N–H and O–H groups in total. The van der Waals surface area contributed by atoms with E-state index in [1.165, 1.54) is 31.8 Å². The Morgan fingerprint density at radius 2 is 2.00 bits per heavy atom. The van der Waals surface area contributed by atoms with E-state index < -0.39 is 5.97 Å². The second-order valence-electron chi connectivity index (χ2n) is 5.26. The minimum Gasteiger partial charge on any atom is -0.478 e. The summed E-state index contributed by atoms with van der Waals surface area (Å²) in [6.45, 7) is 3.44. The summed E-state index contributed by atoms with van der Waals surface area (Å²) < 4.78 is 0. The van der Waals surface area contributed by atoms with E-state index in [9.17, 15) is 4.79 Å².